The number of carbonyl (C=O) groups excluding carboxylic acids is 1. The van der Waals surface area contributed by atoms with E-state index in [4.69, 9.17) is 10.5 Å². The maximum absolute atomic E-state index is 13.6. The number of para-hydroxylation sites is 1. The minimum Gasteiger partial charge on any atom is -0.381 e. The lowest BCUT2D eigenvalue weighted by Gasteiger charge is -2.31. The van der Waals surface area contributed by atoms with E-state index in [0.717, 1.165) is 6.42 Å². The van der Waals surface area contributed by atoms with Crippen molar-refractivity contribution in [1.82, 2.24) is 0 Å². The summed E-state index contributed by atoms with van der Waals surface area (Å²) in [5, 5.41) is 2.97. The van der Waals surface area contributed by atoms with Crippen molar-refractivity contribution >= 4 is 11.6 Å². The summed E-state index contributed by atoms with van der Waals surface area (Å²) in [5.74, 6) is -0.848. The molecule has 1 atom stereocenters. The predicted octanol–water partition coefficient (Wildman–Crippen LogP) is 1.66. The molecule has 0 bridgehead atoms. The number of amides is 1. The lowest BCUT2D eigenvalue weighted by Crippen LogP contribution is -2.50. The average Bonchev–Trinajstić information content (AvgIpc) is 2.59. The molecule has 1 amide bonds. The molecule has 1 heterocycles. The number of rotatable bonds is 3. The lowest BCUT2D eigenvalue weighted by atomic mass is 9.89. The molecular weight excluding hydrogens is 235 g/mol. The predicted molar refractivity (Wildman–Crippen MR) is 66.6 cm³/mol. The first-order chi connectivity index (χ1) is 8.64. The Bertz CT molecular complexity index is 429. The summed E-state index contributed by atoms with van der Waals surface area (Å²) in [4.78, 5) is 11.7. The number of nitrogens with two attached hydrogens (primary N) is 1. The molecule has 5 heteroatoms. The Labute approximate surface area is 105 Å². The summed E-state index contributed by atoms with van der Waals surface area (Å²) < 4.78 is 19.0. The third-order valence-electron chi connectivity index (χ3n) is 3.28. The van der Waals surface area contributed by atoms with E-state index >= 15 is 0 Å². The third-order valence-corrected chi connectivity index (χ3v) is 3.28. The van der Waals surface area contributed by atoms with E-state index in [1.807, 2.05) is 0 Å². The first-order valence-electron chi connectivity index (χ1n) is 6.04. The fraction of sp³-hybridized carbons (Fsp3) is 0.462. The fourth-order valence-corrected chi connectivity index (χ4v) is 2.20. The highest BCUT2D eigenvalue weighted by molar-refractivity contribution is 5.88. The van der Waals surface area contributed by atoms with Crippen molar-refractivity contribution in [3.05, 3.63) is 30.1 Å². The van der Waals surface area contributed by atoms with E-state index in [0.29, 0.717) is 31.7 Å². The molecule has 1 fully saturated rings. The zero-order valence-corrected chi connectivity index (χ0v) is 10.1. The number of primary amides is 1. The Morgan fingerprint density at radius 3 is 2.83 bits per heavy atom. The zero-order chi connectivity index (χ0) is 13.0. The van der Waals surface area contributed by atoms with E-state index in [-0.39, 0.29) is 5.82 Å². The van der Waals surface area contributed by atoms with Crippen LogP contribution in [-0.4, -0.2) is 24.7 Å². The molecule has 2 rings (SSSR count). The van der Waals surface area contributed by atoms with Crippen LogP contribution in [0.15, 0.2) is 24.3 Å². The van der Waals surface area contributed by atoms with Crippen molar-refractivity contribution < 1.29 is 13.9 Å². The van der Waals surface area contributed by atoms with Crippen molar-refractivity contribution in [3.8, 4) is 0 Å². The number of carbonyl (C=O) groups is 1. The summed E-state index contributed by atoms with van der Waals surface area (Å²) in [7, 11) is 0. The van der Waals surface area contributed by atoms with E-state index in [9.17, 15) is 9.18 Å². The Morgan fingerprint density at radius 1 is 1.33 bits per heavy atom. The molecular formula is C13H17FN2O2. The quantitative estimate of drug-likeness (QED) is 0.860. The molecule has 18 heavy (non-hydrogen) atoms. The molecule has 0 radical (unpaired) electrons. The van der Waals surface area contributed by atoms with E-state index in [1.165, 1.54) is 6.07 Å². The summed E-state index contributed by atoms with van der Waals surface area (Å²) in [6.07, 6.45) is 1.73. The summed E-state index contributed by atoms with van der Waals surface area (Å²) in [6.45, 7) is 1.05. The first kappa shape index (κ1) is 12.8. The SMILES string of the molecule is NC(=O)C1(Nc2ccccc2F)CCCOCC1. The van der Waals surface area contributed by atoms with Crippen LogP contribution in [0.4, 0.5) is 10.1 Å². The van der Waals surface area contributed by atoms with Gasteiger partial charge in [0.15, 0.2) is 0 Å². The van der Waals surface area contributed by atoms with Gasteiger partial charge in [-0.25, -0.2) is 4.39 Å². The Kier molecular flexibility index (Phi) is 3.81. The van der Waals surface area contributed by atoms with Crippen molar-refractivity contribution in [3.63, 3.8) is 0 Å². The van der Waals surface area contributed by atoms with Crippen LogP contribution >= 0.6 is 0 Å². The summed E-state index contributed by atoms with van der Waals surface area (Å²) in [5.41, 5.74) is 4.88. The minimum atomic E-state index is -0.918. The molecule has 1 unspecified atom stereocenters. The van der Waals surface area contributed by atoms with Gasteiger partial charge in [-0.05, 0) is 25.0 Å². The Hall–Kier alpha value is -1.62. The highest BCUT2D eigenvalue weighted by Gasteiger charge is 2.37. The molecule has 0 saturated carbocycles. The van der Waals surface area contributed by atoms with Gasteiger partial charge < -0.3 is 15.8 Å². The third kappa shape index (κ3) is 2.61. The Morgan fingerprint density at radius 2 is 2.11 bits per heavy atom. The average molecular weight is 252 g/mol. The maximum Gasteiger partial charge on any atom is 0.243 e. The molecule has 1 aromatic rings. The number of halogens is 1. The number of benzene rings is 1. The van der Waals surface area contributed by atoms with Crippen LogP contribution in [0, 0.1) is 5.82 Å². The van der Waals surface area contributed by atoms with Gasteiger partial charge in [-0.3, -0.25) is 4.79 Å². The van der Waals surface area contributed by atoms with Crippen molar-refractivity contribution in [2.45, 2.75) is 24.8 Å². The zero-order valence-electron chi connectivity index (χ0n) is 10.1. The van der Waals surface area contributed by atoms with Gasteiger partial charge in [0.25, 0.3) is 0 Å². The fourth-order valence-electron chi connectivity index (χ4n) is 2.20. The van der Waals surface area contributed by atoms with Gasteiger partial charge >= 0.3 is 0 Å². The number of nitrogens with one attached hydrogen (secondary N) is 1. The number of hydrogen-bond acceptors (Lipinski definition) is 3. The second kappa shape index (κ2) is 5.35. The van der Waals surface area contributed by atoms with Gasteiger partial charge in [0.05, 0.1) is 5.69 Å². The first-order valence-corrected chi connectivity index (χ1v) is 6.04. The van der Waals surface area contributed by atoms with Crippen LogP contribution in [0.3, 0.4) is 0 Å². The van der Waals surface area contributed by atoms with Gasteiger partial charge in [0.1, 0.15) is 11.4 Å². The molecule has 3 N–H and O–H groups in total. The number of hydrogen-bond donors (Lipinski definition) is 2. The number of anilines is 1. The molecule has 1 aromatic carbocycles. The van der Waals surface area contributed by atoms with Gasteiger partial charge in [-0.1, -0.05) is 12.1 Å². The Balaban J connectivity index is 2.25. The normalized spacial score (nSPS) is 24.3. The standard InChI is InChI=1S/C13H17FN2O2/c14-10-4-1-2-5-11(10)16-13(12(15)17)6-3-8-18-9-7-13/h1-2,4-5,16H,3,6-9H2,(H2,15,17). The monoisotopic (exact) mass is 252 g/mol. The second-order valence-corrected chi connectivity index (χ2v) is 4.52. The molecule has 1 aliphatic heterocycles. The molecule has 4 nitrogen and oxygen atoms in total. The van der Waals surface area contributed by atoms with Crippen LogP contribution in [-0.2, 0) is 9.53 Å². The van der Waals surface area contributed by atoms with Crippen LogP contribution < -0.4 is 11.1 Å². The largest absolute Gasteiger partial charge is 0.381 e. The molecule has 98 valence electrons. The van der Waals surface area contributed by atoms with Gasteiger partial charge in [0.2, 0.25) is 5.91 Å². The highest BCUT2D eigenvalue weighted by Crippen LogP contribution is 2.27. The van der Waals surface area contributed by atoms with Crippen molar-refractivity contribution in [2.24, 2.45) is 5.73 Å². The molecule has 1 aliphatic rings. The van der Waals surface area contributed by atoms with Crippen LogP contribution in [0.25, 0.3) is 0 Å². The molecule has 0 spiro atoms. The molecule has 0 aliphatic carbocycles. The highest BCUT2D eigenvalue weighted by atomic mass is 19.1. The van der Waals surface area contributed by atoms with Gasteiger partial charge in [0, 0.05) is 19.6 Å². The second-order valence-electron chi connectivity index (χ2n) is 4.52. The summed E-state index contributed by atoms with van der Waals surface area (Å²) >= 11 is 0. The maximum atomic E-state index is 13.6. The van der Waals surface area contributed by atoms with Crippen LogP contribution in [0.5, 0.6) is 0 Å². The van der Waals surface area contributed by atoms with Crippen LogP contribution in [0.2, 0.25) is 0 Å². The van der Waals surface area contributed by atoms with Crippen LogP contribution in [0.1, 0.15) is 19.3 Å². The smallest absolute Gasteiger partial charge is 0.243 e. The number of ether oxygens (including phenoxy) is 1. The lowest BCUT2D eigenvalue weighted by molar-refractivity contribution is -0.122. The molecule has 1 saturated heterocycles. The molecule has 0 aromatic heterocycles. The topological polar surface area (TPSA) is 64.4 Å². The summed E-state index contributed by atoms with van der Waals surface area (Å²) in [6, 6.07) is 6.27. The van der Waals surface area contributed by atoms with Gasteiger partial charge in [-0.15, -0.1) is 0 Å². The van der Waals surface area contributed by atoms with Crippen molar-refractivity contribution in [1.29, 1.82) is 0 Å². The van der Waals surface area contributed by atoms with E-state index < -0.39 is 11.4 Å². The van der Waals surface area contributed by atoms with E-state index in [1.54, 1.807) is 18.2 Å². The van der Waals surface area contributed by atoms with Crippen molar-refractivity contribution in [2.75, 3.05) is 18.5 Å². The minimum absolute atomic E-state index is 0.304. The van der Waals surface area contributed by atoms with E-state index in [2.05, 4.69) is 5.32 Å². The van der Waals surface area contributed by atoms with Gasteiger partial charge in [-0.2, -0.15) is 0 Å².